The van der Waals surface area contributed by atoms with E-state index in [9.17, 15) is 5.11 Å². The van der Waals surface area contributed by atoms with Gasteiger partial charge in [-0.25, -0.2) is 0 Å². The molecule has 0 amide bonds. The number of hydrogen-bond donors (Lipinski definition) is 4. The number of rotatable bonds is 1. The molecule has 0 aromatic rings. The number of aliphatic hydroxyl groups is 3. The first-order valence-electron chi connectivity index (χ1n) is 3.36. The molecule has 5 N–H and O–H groups in total. The van der Waals surface area contributed by atoms with E-state index in [0.717, 1.165) is 0 Å². The van der Waals surface area contributed by atoms with Crippen LogP contribution in [0.4, 0.5) is 0 Å². The Morgan fingerprint density at radius 2 is 1.70 bits per heavy atom. The highest BCUT2D eigenvalue weighted by Crippen LogP contribution is 2.28. The fourth-order valence-corrected chi connectivity index (χ4v) is 1.30. The average Bonchev–Trinajstić information content (AvgIpc) is 2.10. The van der Waals surface area contributed by atoms with E-state index in [1.165, 1.54) is 0 Å². The standard InChI is InChI=1S/C6H13NO3/c7-3-6(10)1-4(8)5(9)2-6/h4-5,8-10H,1-3,7H2. The minimum absolute atomic E-state index is 0.0983. The summed E-state index contributed by atoms with van der Waals surface area (Å²) in [4.78, 5) is 0. The van der Waals surface area contributed by atoms with E-state index >= 15 is 0 Å². The minimum Gasteiger partial charge on any atom is -0.390 e. The summed E-state index contributed by atoms with van der Waals surface area (Å²) >= 11 is 0. The van der Waals surface area contributed by atoms with E-state index in [2.05, 4.69) is 0 Å². The SMILES string of the molecule is NCC1(O)CC(O)C(O)C1. The summed E-state index contributed by atoms with van der Waals surface area (Å²) in [6.07, 6.45) is -1.25. The number of nitrogens with two attached hydrogens (primary N) is 1. The van der Waals surface area contributed by atoms with Gasteiger partial charge in [-0.3, -0.25) is 0 Å². The van der Waals surface area contributed by atoms with Crippen molar-refractivity contribution in [3.8, 4) is 0 Å². The minimum atomic E-state index is -1.04. The third kappa shape index (κ3) is 1.29. The summed E-state index contributed by atoms with van der Waals surface area (Å²) in [5.41, 5.74) is 4.18. The van der Waals surface area contributed by atoms with Gasteiger partial charge in [-0.2, -0.15) is 0 Å². The summed E-state index contributed by atoms with van der Waals surface area (Å²) in [7, 11) is 0. The molecule has 2 unspecified atom stereocenters. The lowest BCUT2D eigenvalue weighted by molar-refractivity contribution is 0.0406. The van der Waals surface area contributed by atoms with Crippen LogP contribution < -0.4 is 5.73 Å². The lowest BCUT2D eigenvalue weighted by Gasteiger charge is -2.18. The van der Waals surface area contributed by atoms with Crippen molar-refractivity contribution < 1.29 is 15.3 Å². The summed E-state index contributed by atoms with van der Waals surface area (Å²) in [6.45, 7) is 0.0983. The van der Waals surface area contributed by atoms with E-state index < -0.39 is 17.8 Å². The lowest BCUT2D eigenvalue weighted by atomic mass is 10.0. The first-order valence-corrected chi connectivity index (χ1v) is 3.36. The van der Waals surface area contributed by atoms with Crippen LogP contribution in [0.2, 0.25) is 0 Å². The van der Waals surface area contributed by atoms with Crippen LogP contribution in [-0.2, 0) is 0 Å². The Balaban J connectivity index is 2.55. The molecular weight excluding hydrogens is 134 g/mol. The molecule has 1 aliphatic carbocycles. The molecule has 0 heterocycles. The third-order valence-electron chi connectivity index (χ3n) is 2.00. The molecule has 0 saturated heterocycles. The Morgan fingerprint density at radius 3 is 1.90 bits per heavy atom. The van der Waals surface area contributed by atoms with Gasteiger partial charge in [0.1, 0.15) is 0 Å². The molecule has 1 aliphatic rings. The quantitative estimate of drug-likeness (QED) is 0.352. The molecule has 1 saturated carbocycles. The van der Waals surface area contributed by atoms with Gasteiger partial charge in [0, 0.05) is 19.4 Å². The van der Waals surface area contributed by atoms with Crippen molar-refractivity contribution in [1.29, 1.82) is 0 Å². The first kappa shape index (κ1) is 7.94. The number of aliphatic hydroxyl groups excluding tert-OH is 2. The zero-order valence-corrected chi connectivity index (χ0v) is 5.70. The first-order chi connectivity index (χ1) is 4.57. The van der Waals surface area contributed by atoms with Crippen molar-refractivity contribution in [1.82, 2.24) is 0 Å². The fraction of sp³-hybridized carbons (Fsp3) is 1.00. The van der Waals surface area contributed by atoms with Crippen LogP contribution in [0.15, 0.2) is 0 Å². The van der Waals surface area contributed by atoms with Gasteiger partial charge in [-0.05, 0) is 0 Å². The van der Waals surface area contributed by atoms with E-state index in [-0.39, 0.29) is 19.4 Å². The molecule has 0 aliphatic heterocycles. The van der Waals surface area contributed by atoms with Gasteiger partial charge in [0.15, 0.2) is 0 Å². The third-order valence-corrected chi connectivity index (χ3v) is 2.00. The van der Waals surface area contributed by atoms with E-state index in [4.69, 9.17) is 15.9 Å². The van der Waals surface area contributed by atoms with Gasteiger partial charge >= 0.3 is 0 Å². The molecule has 0 radical (unpaired) electrons. The molecule has 0 aromatic heterocycles. The fourth-order valence-electron chi connectivity index (χ4n) is 1.30. The molecule has 2 atom stereocenters. The highest BCUT2D eigenvalue weighted by Gasteiger charge is 2.41. The van der Waals surface area contributed by atoms with Crippen molar-refractivity contribution in [3.05, 3.63) is 0 Å². The molecule has 4 heteroatoms. The smallest absolute Gasteiger partial charge is 0.0828 e. The normalized spacial score (nSPS) is 48.0. The van der Waals surface area contributed by atoms with Crippen molar-refractivity contribution in [2.24, 2.45) is 5.73 Å². The molecule has 1 rings (SSSR count). The van der Waals surface area contributed by atoms with Crippen LogP contribution in [0.3, 0.4) is 0 Å². The van der Waals surface area contributed by atoms with Crippen LogP contribution in [0.1, 0.15) is 12.8 Å². The lowest BCUT2D eigenvalue weighted by Crippen LogP contribution is -2.35. The highest BCUT2D eigenvalue weighted by molar-refractivity contribution is 4.95. The van der Waals surface area contributed by atoms with Gasteiger partial charge in [-0.15, -0.1) is 0 Å². The highest BCUT2D eigenvalue weighted by atomic mass is 16.3. The van der Waals surface area contributed by atoms with Gasteiger partial charge in [0.2, 0.25) is 0 Å². The molecule has 1 fully saturated rings. The van der Waals surface area contributed by atoms with E-state index in [0.29, 0.717) is 0 Å². The monoisotopic (exact) mass is 147 g/mol. The van der Waals surface area contributed by atoms with Crippen LogP contribution in [0.25, 0.3) is 0 Å². The largest absolute Gasteiger partial charge is 0.390 e. The predicted octanol–water partition coefficient (Wildman–Crippen LogP) is -1.81. The zero-order valence-electron chi connectivity index (χ0n) is 5.70. The zero-order chi connectivity index (χ0) is 7.78. The maximum absolute atomic E-state index is 9.40. The Morgan fingerprint density at radius 1 is 1.30 bits per heavy atom. The molecule has 0 spiro atoms. The van der Waals surface area contributed by atoms with Crippen LogP contribution in [0.5, 0.6) is 0 Å². The summed E-state index contributed by atoms with van der Waals surface area (Å²) in [6, 6.07) is 0. The van der Waals surface area contributed by atoms with Crippen LogP contribution in [-0.4, -0.2) is 39.7 Å². The molecular formula is C6H13NO3. The van der Waals surface area contributed by atoms with Gasteiger partial charge < -0.3 is 21.1 Å². The van der Waals surface area contributed by atoms with Gasteiger partial charge in [-0.1, -0.05) is 0 Å². The Labute approximate surface area is 59.3 Å². The Hall–Kier alpha value is -0.160. The Kier molecular flexibility index (Phi) is 1.96. The van der Waals surface area contributed by atoms with Crippen LogP contribution >= 0.6 is 0 Å². The molecule has 10 heavy (non-hydrogen) atoms. The van der Waals surface area contributed by atoms with Crippen molar-refractivity contribution in [2.75, 3.05) is 6.54 Å². The summed E-state index contributed by atoms with van der Waals surface area (Å²) in [5, 5.41) is 27.4. The van der Waals surface area contributed by atoms with Crippen molar-refractivity contribution in [2.45, 2.75) is 30.7 Å². The second-order valence-electron chi connectivity index (χ2n) is 2.97. The maximum Gasteiger partial charge on any atom is 0.0828 e. The van der Waals surface area contributed by atoms with Crippen molar-refractivity contribution in [3.63, 3.8) is 0 Å². The number of hydrogen-bond acceptors (Lipinski definition) is 4. The molecule has 4 nitrogen and oxygen atoms in total. The van der Waals surface area contributed by atoms with Crippen molar-refractivity contribution >= 4 is 0 Å². The molecule has 0 aromatic carbocycles. The Bertz CT molecular complexity index is 118. The summed E-state index contributed by atoms with van der Waals surface area (Å²) in [5.74, 6) is 0. The average molecular weight is 147 g/mol. The predicted molar refractivity (Wildman–Crippen MR) is 35.3 cm³/mol. The van der Waals surface area contributed by atoms with Gasteiger partial charge in [0.05, 0.1) is 17.8 Å². The second-order valence-corrected chi connectivity index (χ2v) is 2.97. The van der Waals surface area contributed by atoms with E-state index in [1.807, 2.05) is 0 Å². The molecule has 0 bridgehead atoms. The molecule has 60 valence electrons. The summed E-state index contributed by atoms with van der Waals surface area (Å²) < 4.78 is 0. The van der Waals surface area contributed by atoms with E-state index in [1.54, 1.807) is 0 Å². The maximum atomic E-state index is 9.40. The topological polar surface area (TPSA) is 86.7 Å². The second kappa shape index (κ2) is 2.47. The van der Waals surface area contributed by atoms with Crippen LogP contribution in [0, 0.1) is 0 Å². The van der Waals surface area contributed by atoms with Gasteiger partial charge in [0.25, 0.3) is 0 Å².